The molecular weight excluding hydrogens is 360 g/mol. The summed E-state index contributed by atoms with van der Waals surface area (Å²) in [7, 11) is 1.92. The second-order valence-electron chi connectivity index (χ2n) is 4.75. The number of benzene rings is 2. The third-order valence-electron chi connectivity index (χ3n) is 3.28. The topological polar surface area (TPSA) is 34.4 Å². The van der Waals surface area contributed by atoms with Gasteiger partial charge in [-0.1, -0.05) is 46.3 Å². The van der Waals surface area contributed by atoms with Gasteiger partial charge in [0, 0.05) is 22.5 Å². The minimum absolute atomic E-state index is 0.232. The Balaban J connectivity index is 1.97. The Kier molecular flexibility index (Phi) is 4.36. The summed E-state index contributed by atoms with van der Waals surface area (Å²) < 4.78 is 2.88. The molecule has 22 heavy (non-hydrogen) atoms. The van der Waals surface area contributed by atoms with E-state index in [0.717, 1.165) is 15.7 Å². The van der Waals surface area contributed by atoms with Gasteiger partial charge in [0.15, 0.2) is 4.80 Å². The van der Waals surface area contributed by atoms with Crippen LogP contribution in [0.5, 0.6) is 0 Å². The van der Waals surface area contributed by atoms with Gasteiger partial charge >= 0.3 is 0 Å². The predicted octanol–water partition coefficient (Wildman–Crippen LogP) is 4.26. The molecule has 3 aromatic rings. The second-order valence-corrected chi connectivity index (χ2v) is 6.50. The highest BCUT2D eigenvalue weighted by Gasteiger charge is 2.07. The molecule has 0 saturated heterocycles. The lowest BCUT2D eigenvalue weighted by atomic mass is 10.2. The molecule has 5 heteroatoms. The Morgan fingerprint density at radius 2 is 1.77 bits per heavy atom. The van der Waals surface area contributed by atoms with Crippen molar-refractivity contribution in [2.75, 3.05) is 0 Å². The Bertz CT molecular complexity index is 864. The lowest BCUT2D eigenvalue weighted by Gasteiger charge is -2.02. The fourth-order valence-corrected chi connectivity index (χ4v) is 3.25. The Labute approximate surface area is 140 Å². The molecule has 0 aliphatic carbocycles. The van der Waals surface area contributed by atoms with Crippen LogP contribution in [0.2, 0.25) is 0 Å². The van der Waals surface area contributed by atoms with Crippen molar-refractivity contribution in [1.82, 2.24) is 4.57 Å². The van der Waals surface area contributed by atoms with Crippen molar-refractivity contribution >= 4 is 33.2 Å². The number of amides is 1. The highest BCUT2D eigenvalue weighted by Crippen LogP contribution is 2.18. The fourth-order valence-electron chi connectivity index (χ4n) is 2.09. The molecule has 1 aromatic heterocycles. The zero-order chi connectivity index (χ0) is 15.5. The molecule has 1 heterocycles. The van der Waals surface area contributed by atoms with Crippen LogP contribution >= 0.6 is 27.3 Å². The van der Waals surface area contributed by atoms with Crippen LogP contribution in [0.15, 0.2) is 69.4 Å². The van der Waals surface area contributed by atoms with E-state index >= 15 is 0 Å². The molecule has 0 unspecified atom stereocenters. The van der Waals surface area contributed by atoms with E-state index in [-0.39, 0.29) is 5.91 Å². The van der Waals surface area contributed by atoms with Gasteiger partial charge in [0.05, 0.1) is 5.69 Å². The van der Waals surface area contributed by atoms with Crippen molar-refractivity contribution in [2.24, 2.45) is 12.0 Å². The highest BCUT2D eigenvalue weighted by atomic mass is 79.9. The highest BCUT2D eigenvalue weighted by molar-refractivity contribution is 9.10. The van der Waals surface area contributed by atoms with Crippen molar-refractivity contribution in [2.45, 2.75) is 0 Å². The van der Waals surface area contributed by atoms with Crippen molar-refractivity contribution < 1.29 is 4.79 Å². The molecule has 0 radical (unpaired) electrons. The molecule has 0 atom stereocenters. The number of hydrogen-bond acceptors (Lipinski definition) is 2. The predicted molar refractivity (Wildman–Crippen MR) is 92.8 cm³/mol. The van der Waals surface area contributed by atoms with Gasteiger partial charge in [-0.15, -0.1) is 11.3 Å². The summed E-state index contributed by atoms with van der Waals surface area (Å²) in [6.07, 6.45) is 0. The first-order valence-electron chi connectivity index (χ1n) is 6.70. The molecule has 0 N–H and O–H groups in total. The molecule has 0 spiro atoms. The standard InChI is InChI=1S/C17H13BrN2OS/c1-20-15(12-5-3-2-4-6-12)11-22-17(20)19-16(21)13-7-9-14(18)10-8-13/h2-11H,1H3. The van der Waals surface area contributed by atoms with Crippen molar-refractivity contribution in [3.05, 3.63) is 74.8 Å². The SMILES string of the molecule is Cn1c(-c2ccccc2)csc1=NC(=O)c1ccc(Br)cc1. The van der Waals surface area contributed by atoms with E-state index in [2.05, 4.69) is 20.9 Å². The van der Waals surface area contributed by atoms with Crippen LogP contribution in [0.1, 0.15) is 10.4 Å². The first kappa shape index (κ1) is 14.9. The van der Waals surface area contributed by atoms with E-state index in [1.54, 1.807) is 12.1 Å². The van der Waals surface area contributed by atoms with Crippen LogP contribution in [0.3, 0.4) is 0 Å². The summed E-state index contributed by atoms with van der Waals surface area (Å²) in [6, 6.07) is 17.3. The maximum atomic E-state index is 12.2. The van der Waals surface area contributed by atoms with Crippen LogP contribution in [0.4, 0.5) is 0 Å². The Morgan fingerprint density at radius 1 is 1.09 bits per heavy atom. The molecule has 2 aromatic carbocycles. The summed E-state index contributed by atoms with van der Waals surface area (Å²) in [6.45, 7) is 0. The summed E-state index contributed by atoms with van der Waals surface area (Å²) in [5.41, 5.74) is 2.74. The zero-order valence-electron chi connectivity index (χ0n) is 11.9. The lowest BCUT2D eigenvalue weighted by Crippen LogP contribution is -2.14. The van der Waals surface area contributed by atoms with Gasteiger partial charge in [-0.3, -0.25) is 4.79 Å². The van der Waals surface area contributed by atoms with Crippen molar-refractivity contribution in [3.63, 3.8) is 0 Å². The van der Waals surface area contributed by atoms with E-state index in [9.17, 15) is 4.79 Å². The van der Waals surface area contributed by atoms with Crippen molar-refractivity contribution in [3.8, 4) is 11.3 Å². The number of rotatable bonds is 2. The minimum atomic E-state index is -0.232. The van der Waals surface area contributed by atoms with Crippen molar-refractivity contribution in [1.29, 1.82) is 0 Å². The van der Waals surface area contributed by atoms with E-state index < -0.39 is 0 Å². The summed E-state index contributed by atoms with van der Waals surface area (Å²) in [4.78, 5) is 17.2. The number of carbonyl (C=O) groups is 1. The van der Waals surface area contributed by atoms with Gasteiger partial charge in [-0.25, -0.2) is 0 Å². The summed E-state index contributed by atoms with van der Waals surface area (Å²) in [5, 5.41) is 2.02. The van der Waals surface area contributed by atoms with Gasteiger partial charge in [-0.2, -0.15) is 4.99 Å². The molecular formula is C17H13BrN2OS. The molecule has 1 amide bonds. The van der Waals surface area contributed by atoms with Crippen LogP contribution in [0, 0.1) is 0 Å². The second kappa shape index (κ2) is 6.42. The molecule has 3 rings (SSSR count). The number of nitrogens with zero attached hydrogens (tertiary/aromatic N) is 2. The third-order valence-corrected chi connectivity index (χ3v) is 4.73. The molecule has 0 bridgehead atoms. The van der Waals surface area contributed by atoms with Gasteiger partial charge in [0.2, 0.25) is 0 Å². The van der Waals surface area contributed by atoms with E-state index in [0.29, 0.717) is 10.4 Å². The van der Waals surface area contributed by atoms with Crippen LogP contribution in [0.25, 0.3) is 11.3 Å². The van der Waals surface area contributed by atoms with Crippen LogP contribution < -0.4 is 4.80 Å². The maximum absolute atomic E-state index is 12.2. The molecule has 3 nitrogen and oxygen atoms in total. The fraction of sp³-hybridized carbons (Fsp3) is 0.0588. The average Bonchev–Trinajstić information content (AvgIpc) is 2.90. The average molecular weight is 373 g/mol. The first-order valence-corrected chi connectivity index (χ1v) is 8.37. The monoisotopic (exact) mass is 372 g/mol. The number of halogens is 1. The maximum Gasteiger partial charge on any atom is 0.279 e. The molecule has 0 saturated carbocycles. The summed E-state index contributed by atoms with van der Waals surface area (Å²) in [5.74, 6) is -0.232. The Morgan fingerprint density at radius 3 is 2.45 bits per heavy atom. The van der Waals surface area contributed by atoms with Gasteiger partial charge in [0.1, 0.15) is 0 Å². The third kappa shape index (κ3) is 3.10. The quantitative estimate of drug-likeness (QED) is 0.661. The largest absolute Gasteiger partial charge is 0.319 e. The number of aromatic nitrogens is 1. The Hall–Kier alpha value is -1.98. The van der Waals surface area contributed by atoms with Crippen LogP contribution in [-0.4, -0.2) is 10.5 Å². The van der Waals surface area contributed by atoms with E-state index in [1.165, 1.54) is 11.3 Å². The molecule has 0 aliphatic rings. The minimum Gasteiger partial charge on any atom is -0.319 e. The molecule has 0 aliphatic heterocycles. The first-order chi connectivity index (χ1) is 10.6. The van der Waals surface area contributed by atoms with Gasteiger partial charge < -0.3 is 4.57 Å². The number of hydrogen-bond donors (Lipinski definition) is 0. The molecule has 110 valence electrons. The van der Waals surface area contributed by atoms with E-state index in [1.807, 2.05) is 59.5 Å². The normalized spacial score (nSPS) is 11.6. The number of carbonyl (C=O) groups excluding carboxylic acids is 1. The lowest BCUT2D eigenvalue weighted by molar-refractivity contribution is 0.0998. The molecule has 0 fully saturated rings. The van der Waals surface area contributed by atoms with Gasteiger partial charge in [-0.05, 0) is 29.8 Å². The smallest absolute Gasteiger partial charge is 0.279 e. The zero-order valence-corrected chi connectivity index (χ0v) is 14.3. The van der Waals surface area contributed by atoms with Gasteiger partial charge in [0.25, 0.3) is 5.91 Å². The van der Waals surface area contributed by atoms with E-state index in [4.69, 9.17) is 0 Å². The number of thiazole rings is 1. The summed E-state index contributed by atoms with van der Waals surface area (Å²) >= 11 is 4.82. The van der Waals surface area contributed by atoms with Crippen LogP contribution in [-0.2, 0) is 7.05 Å².